The highest BCUT2D eigenvalue weighted by atomic mass is 19.1. The summed E-state index contributed by atoms with van der Waals surface area (Å²) < 4.78 is 24.5. The number of hydrogen-bond donors (Lipinski definition) is 1. The van der Waals surface area contributed by atoms with Crippen LogP contribution in [0, 0.1) is 34.2 Å². The van der Waals surface area contributed by atoms with Gasteiger partial charge in [0.05, 0.1) is 17.2 Å². The Morgan fingerprint density at radius 1 is 1.11 bits per heavy atom. The molecule has 35 heavy (non-hydrogen) atoms. The van der Waals surface area contributed by atoms with E-state index < -0.39 is 10.8 Å². The van der Waals surface area contributed by atoms with Crippen LogP contribution in [0.3, 0.4) is 0 Å². The van der Waals surface area contributed by atoms with Crippen molar-refractivity contribution in [3.8, 4) is 17.6 Å². The highest BCUT2D eigenvalue weighted by Gasteiger charge is 2.15. The number of ether oxygens (including phenoxy) is 2. The predicted molar refractivity (Wildman–Crippen MR) is 128 cm³/mol. The first kappa shape index (κ1) is 24.9. The Morgan fingerprint density at radius 3 is 2.51 bits per heavy atom. The first-order valence-electron chi connectivity index (χ1n) is 10.6. The minimum Gasteiger partial charge on any atom is -0.490 e. The summed E-state index contributed by atoms with van der Waals surface area (Å²) in [5.41, 5.74) is 1.78. The number of nitro groups is 1. The van der Waals surface area contributed by atoms with Gasteiger partial charge in [-0.1, -0.05) is 24.3 Å². The fraction of sp³-hybridized carbons (Fsp3) is 0.154. The van der Waals surface area contributed by atoms with Crippen LogP contribution in [0.2, 0.25) is 0 Å². The number of aryl methyl sites for hydroxylation is 1. The van der Waals surface area contributed by atoms with Gasteiger partial charge in [-0.25, -0.2) is 4.39 Å². The van der Waals surface area contributed by atoms with Crippen molar-refractivity contribution in [2.45, 2.75) is 20.5 Å². The van der Waals surface area contributed by atoms with Crippen LogP contribution < -0.4 is 14.8 Å². The molecule has 0 fully saturated rings. The maximum atomic E-state index is 13.1. The van der Waals surface area contributed by atoms with Gasteiger partial charge in [-0.3, -0.25) is 14.9 Å². The first-order chi connectivity index (χ1) is 16.8. The van der Waals surface area contributed by atoms with E-state index in [-0.39, 0.29) is 29.4 Å². The van der Waals surface area contributed by atoms with Crippen LogP contribution in [0.15, 0.2) is 66.2 Å². The van der Waals surface area contributed by atoms with Gasteiger partial charge in [-0.15, -0.1) is 0 Å². The number of benzene rings is 3. The summed E-state index contributed by atoms with van der Waals surface area (Å²) in [6, 6.07) is 16.8. The second-order valence-corrected chi connectivity index (χ2v) is 7.43. The Labute approximate surface area is 201 Å². The van der Waals surface area contributed by atoms with E-state index in [2.05, 4.69) is 5.32 Å². The summed E-state index contributed by atoms with van der Waals surface area (Å²) in [6.45, 7) is 4.05. The normalized spacial score (nSPS) is 10.9. The zero-order valence-electron chi connectivity index (χ0n) is 19.1. The maximum Gasteiger partial charge on any atom is 0.271 e. The minimum atomic E-state index is -0.703. The quantitative estimate of drug-likeness (QED) is 0.187. The predicted octanol–water partition coefficient (Wildman–Crippen LogP) is 5.57. The molecule has 0 aromatic heterocycles. The standard InChI is InChI=1S/C26H22FN3O5/c1-3-34-25-13-19(7-11-24(25)35-16-18-5-8-21(27)9-6-18)12-20(15-28)26(31)29-23-14-22(30(32)33)10-4-17(23)2/h4-14H,3,16H2,1-2H3,(H,29,31)/b20-12+. The van der Waals surface area contributed by atoms with E-state index in [0.29, 0.717) is 29.2 Å². The third kappa shape index (κ3) is 6.65. The topological polar surface area (TPSA) is 114 Å². The summed E-state index contributed by atoms with van der Waals surface area (Å²) in [7, 11) is 0. The molecule has 0 aliphatic rings. The monoisotopic (exact) mass is 475 g/mol. The lowest BCUT2D eigenvalue weighted by molar-refractivity contribution is -0.384. The number of carbonyl (C=O) groups excluding carboxylic acids is 1. The molecule has 0 aliphatic carbocycles. The molecule has 8 nitrogen and oxygen atoms in total. The second kappa shape index (κ2) is 11.4. The Bertz CT molecular complexity index is 1310. The van der Waals surface area contributed by atoms with Crippen LogP contribution in [0.4, 0.5) is 15.8 Å². The summed E-state index contributed by atoms with van der Waals surface area (Å²) >= 11 is 0. The lowest BCUT2D eigenvalue weighted by Gasteiger charge is -2.13. The van der Waals surface area contributed by atoms with Crippen molar-refractivity contribution in [2.24, 2.45) is 0 Å². The molecule has 3 rings (SSSR count). The van der Waals surface area contributed by atoms with Gasteiger partial charge in [0.15, 0.2) is 11.5 Å². The van der Waals surface area contributed by atoms with E-state index in [1.165, 1.54) is 36.4 Å². The third-order valence-corrected chi connectivity index (χ3v) is 4.93. The van der Waals surface area contributed by atoms with Crippen molar-refractivity contribution < 1.29 is 23.6 Å². The molecule has 0 saturated carbocycles. The Balaban J connectivity index is 1.80. The van der Waals surface area contributed by atoms with Crippen molar-refractivity contribution in [1.82, 2.24) is 0 Å². The average Bonchev–Trinajstić information content (AvgIpc) is 2.84. The molecule has 0 radical (unpaired) electrons. The summed E-state index contributed by atoms with van der Waals surface area (Å²) in [4.78, 5) is 23.2. The Kier molecular flexibility index (Phi) is 8.14. The molecule has 3 aromatic rings. The zero-order valence-corrected chi connectivity index (χ0v) is 19.1. The number of carbonyl (C=O) groups is 1. The van der Waals surface area contributed by atoms with Gasteiger partial charge in [-0.2, -0.15) is 5.26 Å². The van der Waals surface area contributed by atoms with Gasteiger partial charge in [0, 0.05) is 12.1 Å². The molecule has 0 spiro atoms. The van der Waals surface area contributed by atoms with Gasteiger partial charge in [0.1, 0.15) is 24.1 Å². The van der Waals surface area contributed by atoms with E-state index in [9.17, 15) is 24.6 Å². The molecule has 178 valence electrons. The van der Waals surface area contributed by atoms with E-state index in [4.69, 9.17) is 9.47 Å². The second-order valence-electron chi connectivity index (χ2n) is 7.43. The van der Waals surface area contributed by atoms with Gasteiger partial charge >= 0.3 is 0 Å². The molecule has 9 heteroatoms. The van der Waals surface area contributed by atoms with E-state index in [0.717, 1.165) is 5.56 Å². The Hall–Kier alpha value is -4.71. The number of nitrogens with one attached hydrogen (secondary N) is 1. The number of rotatable bonds is 9. The van der Waals surface area contributed by atoms with Crippen LogP contribution in [0.5, 0.6) is 11.5 Å². The first-order valence-corrected chi connectivity index (χ1v) is 10.6. The van der Waals surface area contributed by atoms with Crippen LogP contribution >= 0.6 is 0 Å². The largest absolute Gasteiger partial charge is 0.490 e. The Morgan fingerprint density at radius 2 is 1.86 bits per heavy atom. The molecule has 0 atom stereocenters. The number of nitriles is 1. The molecule has 0 unspecified atom stereocenters. The molecule has 0 heterocycles. The van der Waals surface area contributed by atoms with Crippen LogP contribution in [-0.2, 0) is 11.4 Å². The van der Waals surface area contributed by atoms with E-state index in [1.54, 1.807) is 37.3 Å². The van der Waals surface area contributed by atoms with Crippen molar-refractivity contribution >= 4 is 23.4 Å². The van der Waals surface area contributed by atoms with Crippen LogP contribution in [-0.4, -0.2) is 17.4 Å². The molecular weight excluding hydrogens is 453 g/mol. The lowest BCUT2D eigenvalue weighted by Crippen LogP contribution is -2.14. The molecule has 3 aromatic carbocycles. The van der Waals surface area contributed by atoms with E-state index >= 15 is 0 Å². The number of halogens is 1. The molecular formula is C26H22FN3O5. The SMILES string of the molecule is CCOc1cc(/C=C(\C#N)C(=O)Nc2cc([N+](=O)[O-])ccc2C)ccc1OCc1ccc(F)cc1. The summed E-state index contributed by atoms with van der Waals surface area (Å²) in [6.07, 6.45) is 1.38. The van der Waals surface area contributed by atoms with Crippen LogP contribution in [0.1, 0.15) is 23.6 Å². The number of amides is 1. The molecule has 0 saturated heterocycles. The summed E-state index contributed by atoms with van der Waals surface area (Å²) in [5.74, 6) is -0.178. The number of nitro benzene ring substituents is 1. The molecule has 1 amide bonds. The third-order valence-electron chi connectivity index (χ3n) is 4.93. The molecule has 1 N–H and O–H groups in total. The van der Waals surface area contributed by atoms with Crippen molar-refractivity contribution in [2.75, 3.05) is 11.9 Å². The minimum absolute atomic E-state index is 0.175. The average molecular weight is 475 g/mol. The fourth-order valence-corrected chi connectivity index (χ4v) is 3.11. The number of non-ortho nitro benzene ring substituents is 1. The number of anilines is 1. The van der Waals surface area contributed by atoms with Gasteiger partial charge < -0.3 is 14.8 Å². The molecule has 0 aliphatic heterocycles. The highest BCUT2D eigenvalue weighted by Crippen LogP contribution is 2.30. The number of hydrogen-bond acceptors (Lipinski definition) is 6. The van der Waals surface area contributed by atoms with E-state index in [1.807, 2.05) is 13.0 Å². The lowest BCUT2D eigenvalue weighted by atomic mass is 10.1. The zero-order chi connectivity index (χ0) is 25.4. The summed E-state index contributed by atoms with van der Waals surface area (Å²) in [5, 5.41) is 23.1. The van der Waals surface area contributed by atoms with Crippen molar-refractivity contribution in [3.63, 3.8) is 0 Å². The van der Waals surface area contributed by atoms with Gasteiger partial charge in [-0.05, 0) is 60.9 Å². The van der Waals surface area contributed by atoms with Gasteiger partial charge in [0.2, 0.25) is 0 Å². The molecule has 0 bridgehead atoms. The highest BCUT2D eigenvalue weighted by molar-refractivity contribution is 6.10. The van der Waals surface area contributed by atoms with Crippen molar-refractivity contribution in [3.05, 3.63) is 98.9 Å². The van der Waals surface area contributed by atoms with Crippen LogP contribution in [0.25, 0.3) is 6.08 Å². The fourth-order valence-electron chi connectivity index (χ4n) is 3.11. The maximum absolute atomic E-state index is 13.1. The van der Waals surface area contributed by atoms with Crippen molar-refractivity contribution in [1.29, 1.82) is 5.26 Å². The smallest absolute Gasteiger partial charge is 0.271 e. The number of nitrogens with zero attached hydrogens (tertiary/aromatic N) is 2. The van der Waals surface area contributed by atoms with Gasteiger partial charge in [0.25, 0.3) is 11.6 Å².